The molecule has 0 aliphatic rings. The number of nitro groups is 1. The Morgan fingerprint density at radius 1 is 1.80 bits per heavy atom. The van der Waals surface area contributed by atoms with Crippen molar-refractivity contribution >= 4 is 5.95 Å². The minimum atomic E-state index is -0.615. The normalized spacial score (nSPS) is 12.3. The summed E-state index contributed by atoms with van der Waals surface area (Å²) in [5.74, 6) is -0.243. The van der Waals surface area contributed by atoms with Crippen LogP contribution < -0.4 is 0 Å². The van der Waals surface area contributed by atoms with Crippen LogP contribution in [0.15, 0.2) is 25.0 Å². The largest absolute Gasteiger partial charge is 0.434 e. The zero-order valence-corrected chi connectivity index (χ0v) is 8.24. The number of imidazole rings is 1. The average molecular weight is 211 g/mol. The molecule has 1 rings (SSSR count). The van der Waals surface area contributed by atoms with Crippen LogP contribution >= 0.6 is 0 Å². The van der Waals surface area contributed by atoms with Gasteiger partial charge in [0.2, 0.25) is 0 Å². The monoisotopic (exact) mass is 211 g/mol. The van der Waals surface area contributed by atoms with Crippen LogP contribution in [-0.4, -0.2) is 25.7 Å². The molecule has 1 heterocycles. The Morgan fingerprint density at radius 2 is 2.53 bits per heavy atom. The van der Waals surface area contributed by atoms with E-state index in [-0.39, 0.29) is 12.5 Å². The van der Waals surface area contributed by atoms with Crippen LogP contribution in [0.1, 0.15) is 12.8 Å². The van der Waals surface area contributed by atoms with Crippen molar-refractivity contribution in [2.24, 2.45) is 0 Å². The van der Waals surface area contributed by atoms with Gasteiger partial charge in [0.15, 0.2) is 0 Å². The van der Waals surface area contributed by atoms with Gasteiger partial charge in [0.25, 0.3) is 0 Å². The second-order valence-electron chi connectivity index (χ2n) is 3.16. The molecule has 0 aromatic carbocycles. The third kappa shape index (κ3) is 3.17. The number of aliphatic hydroxyl groups is 1. The molecule has 6 nitrogen and oxygen atoms in total. The van der Waals surface area contributed by atoms with Crippen molar-refractivity contribution in [2.75, 3.05) is 0 Å². The molecule has 6 heteroatoms. The van der Waals surface area contributed by atoms with Gasteiger partial charge in [0, 0.05) is 0 Å². The Kier molecular flexibility index (Phi) is 3.99. The number of hydrogen-bond donors (Lipinski definition) is 1. The van der Waals surface area contributed by atoms with E-state index in [1.54, 1.807) is 6.08 Å². The fourth-order valence-electron chi connectivity index (χ4n) is 1.24. The van der Waals surface area contributed by atoms with Crippen molar-refractivity contribution in [2.45, 2.75) is 25.5 Å². The highest BCUT2D eigenvalue weighted by molar-refractivity contribution is 5.06. The smallest absolute Gasteiger partial charge is 0.390 e. The van der Waals surface area contributed by atoms with Crippen LogP contribution in [0, 0.1) is 10.1 Å². The van der Waals surface area contributed by atoms with Crippen LogP contribution in [0.2, 0.25) is 0 Å². The SMILES string of the molecule is C=CCCC(O)Cn1ccnc1[N+](=O)[O-]. The summed E-state index contributed by atoms with van der Waals surface area (Å²) in [5.41, 5.74) is 0. The fraction of sp³-hybridized carbons (Fsp3) is 0.444. The van der Waals surface area contributed by atoms with Gasteiger partial charge in [-0.1, -0.05) is 11.1 Å². The Morgan fingerprint density at radius 3 is 3.13 bits per heavy atom. The van der Waals surface area contributed by atoms with Gasteiger partial charge in [0.1, 0.15) is 12.4 Å². The van der Waals surface area contributed by atoms with E-state index in [0.717, 1.165) is 0 Å². The number of aliphatic hydroxyl groups excluding tert-OH is 1. The predicted molar refractivity (Wildman–Crippen MR) is 54.3 cm³/mol. The molecular weight excluding hydrogens is 198 g/mol. The molecule has 0 aliphatic heterocycles. The molecule has 0 amide bonds. The van der Waals surface area contributed by atoms with Gasteiger partial charge in [0.05, 0.1) is 12.6 Å². The maximum Gasteiger partial charge on any atom is 0.434 e. The Labute approximate surface area is 87.0 Å². The molecule has 1 aromatic heterocycles. The predicted octanol–water partition coefficient (Wildman–Crippen LogP) is 1.12. The van der Waals surface area contributed by atoms with E-state index in [1.165, 1.54) is 17.0 Å². The quantitative estimate of drug-likeness (QED) is 0.434. The molecule has 0 spiro atoms. The van der Waals surface area contributed by atoms with E-state index in [0.29, 0.717) is 12.8 Å². The molecule has 0 radical (unpaired) electrons. The second kappa shape index (κ2) is 5.26. The van der Waals surface area contributed by atoms with E-state index >= 15 is 0 Å². The molecule has 1 atom stereocenters. The van der Waals surface area contributed by atoms with E-state index in [1.807, 2.05) is 0 Å². The summed E-state index contributed by atoms with van der Waals surface area (Å²) in [6.07, 6.45) is 5.14. The van der Waals surface area contributed by atoms with Gasteiger partial charge in [-0.3, -0.25) is 0 Å². The number of rotatable bonds is 6. The third-order valence-corrected chi connectivity index (χ3v) is 1.97. The molecule has 0 fully saturated rings. The summed E-state index contributed by atoms with van der Waals surface area (Å²) in [4.78, 5) is 13.5. The summed E-state index contributed by atoms with van der Waals surface area (Å²) in [7, 11) is 0. The number of hydrogen-bond acceptors (Lipinski definition) is 4. The summed E-state index contributed by atoms with van der Waals surface area (Å²) in [6.45, 7) is 3.72. The summed E-state index contributed by atoms with van der Waals surface area (Å²) >= 11 is 0. The van der Waals surface area contributed by atoms with E-state index in [2.05, 4.69) is 11.6 Å². The maximum atomic E-state index is 10.5. The lowest BCUT2D eigenvalue weighted by molar-refractivity contribution is -0.397. The number of aromatic nitrogens is 2. The van der Waals surface area contributed by atoms with E-state index < -0.39 is 11.0 Å². The van der Waals surface area contributed by atoms with Crippen molar-refractivity contribution < 1.29 is 10.0 Å². The molecule has 0 aliphatic carbocycles. The van der Waals surface area contributed by atoms with Crippen molar-refractivity contribution in [3.8, 4) is 0 Å². The van der Waals surface area contributed by atoms with Gasteiger partial charge in [-0.2, -0.15) is 0 Å². The molecule has 1 aromatic rings. The molecule has 0 saturated carbocycles. The van der Waals surface area contributed by atoms with Gasteiger partial charge in [-0.05, 0) is 17.8 Å². The molecule has 1 N–H and O–H groups in total. The Balaban J connectivity index is 2.59. The molecule has 0 saturated heterocycles. The van der Waals surface area contributed by atoms with Crippen LogP contribution in [0.4, 0.5) is 5.95 Å². The highest BCUT2D eigenvalue weighted by atomic mass is 16.6. The van der Waals surface area contributed by atoms with Crippen LogP contribution in [0.25, 0.3) is 0 Å². The first-order valence-corrected chi connectivity index (χ1v) is 4.59. The standard InChI is InChI=1S/C9H13N3O3/c1-2-3-4-8(13)7-11-6-5-10-9(11)12(14)15/h2,5-6,8,13H,1,3-4,7H2. The highest BCUT2D eigenvalue weighted by Gasteiger charge is 2.16. The lowest BCUT2D eigenvalue weighted by Gasteiger charge is -2.07. The van der Waals surface area contributed by atoms with Crippen LogP contribution in [0.3, 0.4) is 0 Å². The molecule has 82 valence electrons. The molecule has 15 heavy (non-hydrogen) atoms. The summed E-state index contributed by atoms with van der Waals surface area (Å²) < 4.78 is 1.33. The Bertz CT molecular complexity index is 348. The van der Waals surface area contributed by atoms with E-state index in [4.69, 9.17) is 0 Å². The highest BCUT2D eigenvalue weighted by Crippen LogP contribution is 2.10. The maximum absolute atomic E-state index is 10.5. The first-order valence-electron chi connectivity index (χ1n) is 4.59. The lowest BCUT2D eigenvalue weighted by atomic mass is 10.2. The van der Waals surface area contributed by atoms with Crippen LogP contribution in [0.5, 0.6) is 0 Å². The average Bonchev–Trinajstić information content (AvgIpc) is 2.62. The van der Waals surface area contributed by atoms with Crippen molar-refractivity contribution in [3.05, 3.63) is 35.2 Å². The van der Waals surface area contributed by atoms with Crippen molar-refractivity contribution in [3.63, 3.8) is 0 Å². The second-order valence-corrected chi connectivity index (χ2v) is 3.16. The Hall–Kier alpha value is -1.69. The van der Waals surface area contributed by atoms with Gasteiger partial charge < -0.3 is 15.2 Å². The first kappa shape index (κ1) is 11.4. The first-order chi connectivity index (χ1) is 7.15. The van der Waals surface area contributed by atoms with Gasteiger partial charge in [-0.25, -0.2) is 4.57 Å². The molecule has 1 unspecified atom stereocenters. The topological polar surface area (TPSA) is 81.2 Å². The molecule has 0 bridgehead atoms. The zero-order chi connectivity index (χ0) is 11.3. The summed E-state index contributed by atoms with van der Waals surface area (Å²) in [6, 6.07) is 0. The van der Waals surface area contributed by atoms with Gasteiger partial charge in [-0.15, -0.1) is 6.58 Å². The summed E-state index contributed by atoms with van der Waals surface area (Å²) in [5, 5.41) is 20.0. The number of nitrogens with zero attached hydrogens (tertiary/aromatic N) is 3. The fourth-order valence-corrected chi connectivity index (χ4v) is 1.24. The van der Waals surface area contributed by atoms with Crippen LogP contribution in [-0.2, 0) is 6.54 Å². The number of allylic oxidation sites excluding steroid dienone is 1. The van der Waals surface area contributed by atoms with E-state index in [9.17, 15) is 15.2 Å². The third-order valence-electron chi connectivity index (χ3n) is 1.97. The van der Waals surface area contributed by atoms with Gasteiger partial charge >= 0.3 is 5.95 Å². The zero-order valence-electron chi connectivity index (χ0n) is 8.24. The minimum Gasteiger partial charge on any atom is -0.390 e. The molecular formula is C9H13N3O3. The minimum absolute atomic E-state index is 0.185. The van der Waals surface area contributed by atoms with Crippen molar-refractivity contribution in [1.82, 2.24) is 9.55 Å². The lowest BCUT2D eigenvalue weighted by Crippen LogP contribution is -2.16. The van der Waals surface area contributed by atoms with Crippen molar-refractivity contribution in [1.29, 1.82) is 0 Å².